The van der Waals surface area contributed by atoms with Crippen LogP contribution in [0.5, 0.6) is 0 Å². The van der Waals surface area contributed by atoms with Gasteiger partial charge in [-0.05, 0) is 26.2 Å². The van der Waals surface area contributed by atoms with E-state index in [2.05, 4.69) is 23.8 Å². The third-order valence-corrected chi connectivity index (χ3v) is 4.72. The molecule has 4 nitrogen and oxygen atoms in total. The number of aromatic nitrogens is 2. The number of hydrogen-bond acceptors (Lipinski definition) is 3. The van der Waals surface area contributed by atoms with E-state index in [1.165, 1.54) is 0 Å². The van der Waals surface area contributed by atoms with Gasteiger partial charge in [-0.1, -0.05) is 24.9 Å². The largest absolute Gasteiger partial charge is 0.327 e. The summed E-state index contributed by atoms with van der Waals surface area (Å²) in [7, 11) is 0. The Morgan fingerprint density at radius 3 is 2.79 bits per heavy atom. The van der Waals surface area contributed by atoms with E-state index in [0.717, 1.165) is 55.4 Å². The third-order valence-electron chi connectivity index (χ3n) is 4.23. The molecule has 1 aromatic rings. The summed E-state index contributed by atoms with van der Waals surface area (Å²) >= 11 is 6.38. The van der Waals surface area contributed by atoms with Crippen LogP contribution in [0.3, 0.4) is 0 Å². The minimum absolute atomic E-state index is 0.356. The van der Waals surface area contributed by atoms with Crippen LogP contribution in [0.15, 0.2) is 0 Å². The highest BCUT2D eigenvalue weighted by Gasteiger charge is 2.26. The second-order valence-electron chi connectivity index (χ2n) is 5.52. The first-order valence-electron chi connectivity index (χ1n) is 7.26. The Labute approximate surface area is 120 Å². The zero-order valence-electron chi connectivity index (χ0n) is 12.2. The van der Waals surface area contributed by atoms with E-state index in [1.54, 1.807) is 0 Å². The number of halogens is 1. The lowest BCUT2D eigenvalue weighted by molar-refractivity contribution is 0.142. The van der Waals surface area contributed by atoms with Crippen LogP contribution >= 0.6 is 11.6 Å². The lowest BCUT2D eigenvalue weighted by Crippen LogP contribution is -2.46. The van der Waals surface area contributed by atoms with Crippen molar-refractivity contribution in [3.05, 3.63) is 16.4 Å². The van der Waals surface area contributed by atoms with Gasteiger partial charge in [0.15, 0.2) is 0 Å². The summed E-state index contributed by atoms with van der Waals surface area (Å²) in [4.78, 5) is 2.46. The number of nitrogens with two attached hydrogens (primary N) is 1. The van der Waals surface area contributed by atoms with Gasteiger partial charge in [0.1, 0.15) is 0 Å². The second-order valence-corrected chi connectivity index (χ2v) is 5.90. The molecular formula is C14H25ClN4. The van der Waals surface area contributed by atoms with Crippen molar-refractivity contribution < 1.29 is 0 Å². The lowest BCUT2D eigenvalue weighted by Gasteiger charge is -2.36. The molecule has 2 unspecified atom stereocenters. The molecule has 0 saturated carbocycles. The van der Waals surface area contributed by atoms with Crippen LogP contribution in [0.2, 0.25) is 5.02 Å². The summed E-state index contributed by atoms with van der Waals surface area (Å²) in [5, 5.41) is 5.31. The van der Waals surface area contributed by atoms with Gasteiger partial charge in [0.2, 0.25) is 0 Å². The SMILES string of the molecule is CCC1CN(Cc2c(Cl)c(C)nn2CC)CCC1N. The minimum Gasteiger partial charge on any atom is -0.327 e. The van der Waals surface area contributed by atoms with Crippen molar-refractivity contribution in [2.45, 2.75) is 52.7 Å². The highest BCUT2D eigenvalue weighted by atomic mass is 35.5. The number of piperidine rings is 1. The summed E-state index contributed by atoms with van der Waals surface area (Å²) in [6.07, 6.45) is 2.23. The van der Waals surface area contributed by atoms with Crippen LogP contribution in [0, 0.1) is 12.8 Å². The molecule has 2 atom stereocenters. The normalized spacial score (nSPS) is 24.9. The molecule has 108 valence electrons. The predicted octanol–water partition coefficient (Wildman–Crippen LogP) is 2.42. The molecule has 2 rings (SSSR count). The smallest absolute Gasteiger partial charge is 0.0860 e. The van der Waals surface area contributed by atoms with Crippen LogP contribution in [0.4, 0.5) is 0 Å². The van der Waals surface area contributed by atoms with Gasteiger partial charge in [0, 0.05) is 32.2 Å². The fourth-order valence-corrected chi connectivity index (χ4v) is 3.13. The van der Waals surface area contributed by atoms with E-state index in [-0.39, 0.29) is 0 Å². The number of hydrogen-bond donors (Lipinski definition) is 1. The Morgan fingerprint density at radius 1 is 1.42 bits per heavy atom. The van der Waals surface area contributed by atoms with Crippen LogP contribution < -0.4 is 5.73 Å². The maximum atomic E-state index is 6.38. The predicted molar refractivity (Wildman–Crippen MR) is 79.3 cm³/mol. The molecule has 0 amide bonds. The van der Waals surface area contributed by atoms with E-state index >= 15 is 0 Å². The van der Waals surface area contributed by atoms with Crippen molar-refractivity contribution in [2.24, 2.45) is 11.7 Å². The molecule has 0 spiro atoms. The Kier molecular flexibility index (Phi) is 4.87. The molecule has 0 bridgehead atoms. The topological polar surface area (TPSA) is 47.1 Å². The van der Waals surface area contributed by atoms with Gasteiger partial charge in [-0.15, -0.1) is 0 Å². The highest BCUT2D eigenvalue weighted by Crippen LogP contribution is 2.25. The van der Waals surface area contributed by atoms with Crippen molar-refractivity contribution in [2.75, 3.05) is 13.1 Å². The fraction of sp³-hybridized carbons (Fsp3) is 0.786. The molecule has 0 aromatic carbocycles. The zero-order chi connectivity index (χ0) is 14.0. The van der Waals surface area contributed by atoms with Gasteiger partial charge in [0.05, 0.1) is 16.4 Å². The van der Waals surface area contributed by atoms with Crippen molar-refractivity contribution in [3.63, 3.8) is 0 Å². The van der Waals surface area contributed by atoms with Crippen LogP contribution in [-0.4, -0.2) is 33.8 Å². The molecular weight excluding hydrogens is 260 g/mol. The van der Waals surface area contributed by atoms with Gasteiger partial charge in [-0.25, -0.2) is 0 Å². The van der Waals surface area contributed by atoms with Crippen molar-refractivity contribution in [1.82, 2.24) is 14.7 Å². The van der Waals surface area contributed by atoms with E-state index in [0.29, 0.717) is 12.0 Å². The van der Waals surface area contributed by atoms with Crippen molar-refractivity contribution in [3.8, 4) is 0 Å². The number of nitrogens with zero attached hydrogens (tertiary/aromatic N) is 3. The third kappa shape index (κ3) is 3.12. The van der Waals surface area contributed by atoms with Gasteiger partial charge in [-0.3, -0.25) is 9.58 Å². The molecule has 19 heavy (non-hydrogen) atoms. The van der Waals surface area contributed by atoms with Crippen LogP contribution in [0.25, 0.3) is 0 Å². The molecule has 2 heterocycles. The summed E-state index contributed by atoms with van der Waals surface area (Å²) in [5.41, 5.74) is 8.24. The first-order chi connectivity index (χ1) is 9.06. The molecule has 1 fully saturated rings. The number of rotatable bonds is 4. The Bertz CT molecular complexity index is 429. The average Bonchev–Trinajstić information content (AvgIpc) is 2.68. The highest BCUT2D eigenvalue weighted by molar-refractivity contribution is 6.31. The lowest BCUT2D eigenvalue weighted by atomic mass is 9.90. The Hall–Kier alpha value is -0.580. The summed E-state index contributed by atoms with van der Waals surface area (Å²) in [5.74, 6) is 0.603. The molecule has 5 heteroatoms. The molecule has 1 aliphatic rings. The van der Waals surface area contributed by atoms with E-state index in [9.17, 15) is 0 Å². The summed E-state index contributed by atoms with van der Waals surface area (Å²) < 4.78 is 2.02. The first-order valence-corrected chi connectivity index (χ1v) is 7.64. The first kappa shape index (κ1) is 14.8. The number of aryl methyl sites for hydroxylation is 2. The van der Waals surface area contributed by atoms with Crippen LogP contribution in [-0.2, 0) is 13.1 Å². The molecule has 0 radical (unpaired) electrons. The molecule has 0 aliphatic carbocycles. The standard InChI is InChI=1S/C14H25ClN4/c1-4-11-8-18(7-6-12(11)16)9-13-14(15)10(3)17-19(13)5-2/h11-12H,4-9,16H2,1-3H3. The zero-order valence-corrected chi connectivity index (χ0v) is 13.0. The minimum atomic E-state index is 0.356. The fourth-order valence-electron chi connectivity index (χ4n) is 2.93. The molecule has 1 aliphatic heterocycles. The van der Waals surface area contributed by atoms with E-state index in [4.69, 9.17) is 17.3 Å². The maximum Gasteiger partial charge on any atom is 0.0860 e. The van der Waals surface area contributed by atoms with Crippen molar-refractivity contribution >= 4 is 11.6 Å². The van der Waals surface area contributed by atoms with E-state index < -0.39 is 0 Å². The quantitative estimate of drug-likeness (QED) is 0.924. The van der Waals surface area contributed by atoms with Gasteiger partial charge >= 0.3 is 0 Å². The van der Waals surface area contributed by atoms with Gasteiger partial charge < -0.3 is 5.73 Å². The number of likely N-dealkylation sites (tertiary alicyclic amines) is 1. The van der Waals surface area contributed by atoms with Gasteiger partial charge in [0.25, 0.3) is 0 Å². The average molecular weight is 285 g/mol. The molecule has 2 N–H and O–H groups in total. The monoisotopic (exact) mass is 284 g/mol. The maximum absolute atomic E-state index is 6.38. The van der Waals surface area contributed by atoms with Crippen LogP contribution in [0.1, 0.15) is 38.1 Å². The summed E-state index contributed by atoms with van der Waals surface area (Å²) in [6.45, 7) is 10.2. The Morgan fingerprint density at radius 2 is 2.16 bits per heavy atom. The summed E-state index contributed by atoms with van der Waals surface area (Å²) in [6, 6.07) is 0.356. The molecule has 1 saturated heterocycles. The van der Waals surface area contributed by atoms with E-state index in [1.807, 2.05) is 11.6 Å². The second kappa shape index (κ2) is 6.25. The van der Waals surface area contributed by atoms with Crippen molar-refractivity contribution in [1.29, 1.82) is 0 Å². The molecule has 1 aromatic heterocycles. The van der Waals surface area contributed by atoms with Gasteiger partial charge in [-0.2, -0.15) is 5.10 Å². The Balaban J connectivity index is 2.09.